The molecule has 0 aliphatic heterocycles. The highest BCUT2D eigenvalue weighted by molar-refractivity contribution is 9.10. The number of amides is 1. The number of benzene rings is 1. The molecule has 0 aliphatic carbocycles. The summed E-state index contributed by atoms with van der Waals surface area (Å²) >= 11 is 8.61. The van der Waals surface area contributed by atoms with Crippen molar-refractivity contribution < 1.29 is 13.9 Å². The molecular weight excluding hydrogens is 312 g/mol. The second-order valence-electron chi connectivity index (χ2n) is 3.18. The van der Waals surface area contributed by atoms with E-state index in [0.717, 1.165) is 0 Å². The molecule has 0 bridgehead atoms. The minimum absolute atomic E-state index is 0.266. The van der Waals surface area contributed by atoms with Gasteiger partial charge in [-0.15, -0.1) is 11.6 Å². The number of rotatable bonds is 6. The van der Waals surface area contributed by atoms with Crippen LogP contribution < -0.4 is 5.32 Å². The van der Waals surface area contributed by atoms with Crippen molar-refractivity contribution >= 4 is 33.4 Å². The summed E-state index contributed by atoms with van der Waals surface area (Å²) in [7, 11) is 0. The number of nitrogens with one attached hydrogen (secondary N) is 1. The van der Waals surface area contributed by atoms with Crippen LogP contribution in [0, 0.1) is 5.82 Å². The number of hydrogen-bond acceptors (Lipinski definition) is 2. The zero-order valence-corrected chi connectivity index (χ0v) is 11.4. The smallest absolute Gasteiger partial charge is 0.252 e. The monoisotopic (exact) mass is 323 g/mol. The van der Waals surface area contributed by atoms with Gasteiger partial charge in [-0.25, -0.2) is 4.39 Å². The summed E-state index contributed by atoms with van der Waals surface area (Å²) in [6.45, 7) is 1.19. The van der Waals surface area contributed by atoms with Crippen LogP contribution in [0.1, 0.15) is 10.4 Å². The summed E-state index contributed by atoms with van der Waals surface area (Å²) in [4.78, 5) is 11.7. The van der Waals surface area contributed by atoms with Gasteiger partial charge in [0.25, 0.3) is 5.91 Å². The van der Waals surface area contributed by atoms with Crippen molar-refractivity contribution in [1.29, 1.82) is 0 Å². The van der Waals surface area contributed by atoms with Crippen LogP contribution in [-0.2, 0) is 4.74 Å². The molecule has 6 heteroatoms. The Bertz CT molecular complexity index is 390. The van der Waals surface area contributed by atoms with Crippen molar-refractivity contribution in [1.82, 2.24) is 5.32 Å². The minimum Gasteiger partial charge on any atom is -0.378 e. The maximum Gasteiger partial charge on any atom is 0.252 e. The average Bonchev–Trinajstić information content (AvgIpc) is 2.32. The van der Waals surface area contributed by atoms with E-state index in [2.05, 4.69) is 21.2 Å². The van der Waals surface area contributed by atoms with Gasteiger partial charge in [0.1, 0.15) is 5.82 Å². The van der Waals surface area contributed by atoms with Crippen LogP contribution in [-0.4, -0.2) is 31.5 Å². The molecule has 0 fully saturated rings. The SMILES string of the molecule is O=C(NCCOCCCl)c1cc(F)ccc1Br. The summed E-state index contributed by atoms with van der Waals surface area (Å²) < 4.78 is 18.6. The summed E-state index contributed by atoms with van der Waals surface area (Å²) in [5.41, 5.74) is 0.266. The van der Waals surface area contributed by atoms with Gasteiger partial charge in [-0.2, -0.15) is 0 Å². The first-order valence-electron chi connectivity index (χ1n) is 5.02. The molecule has 0 saturated heterocycles. The van der Waals surface area contributed by atoms with Crippen LogP contribution in [0.2, 0.25) is 0 Å². The molecule has 0 atom stereocenters. The Balaban J connectivity index is 2.44. The molecule has 1 rings (SSSR count). The molecule has 1 aromatic rings. The molecule has 17 heavy (non-hydrogen) atoms. The lowest BCUT2D eigenvalue weighted by molar-refractivity contribution is 0.0922. The maximum absolute atomic E-state index is 13.0. The van der Waals surface area contributed by atoms with Crippen LogP contribution >= 0.6 is 27.5 Å². The van der Waals surface area contributed by atoms with Gasteiger partial charge in [0.05, 0.1) is 18.8 Å². The second kappa shape index (κ2) is 7.63. The van der Waals surface area contributed by atoms with Gasteiger partial charge in [-0.1, -0.05) is 0 Å². The van der Waals surface area contributed by atoms with Crippen LogP contribution in [0.3, 0.4) is 0 Å². The van der Waals surface area contributed by atoms with Gasteiger partial charge in [-0.05, 0) is 34.1 Å². The van der Waals surface area contributed by atoms with Crippen molar-refractivity contribution in [2.45, 2.75) is 0 Å². The highest BCUT2D eigenvalue weighted by atomic mass is 79.9. The van der Waals surface area contributed by atoms with Crippen molar-refractivity contribution in [2.75, 3.05) is 25.6 Å². The van der Waals surface area contributed by atoms with E-state index in [4.69, 9.17) is 16.3 Å². The number of alkyl halides is 1. The van der Waals surface area contributed by atoms with Crippen LogP contribution in [0.4, 0.5) is 4.39 Å². The van der Waals surface area contributed by atoms with Gasteiger partial charge >= 0.3 is 0 Å². The number of carbonyl (C=O) groups excluding carboxylic acids is 1. The molecule has 0 aromatic heterocycles. The van der Waals surface area contributed by atoms with Crippen molar-refractivity contribution in [3.63, 3.8) is 0 Å². The van der Waals surface area contributed by atoms with E-state index < -0.39 is 5.82 Å². The average molecular weight is 325 g/mol. The van der Waals surface area contributed by atoms with Gasteiger partial charge in [0.2, 0.25) is 0 Å². The number of halogens is 3. The Morgan fingerprint density at radius 3 is 2.94 bits per heavy atom. The van der Waals surface area contributed by atoms with Gasteiger partial charge in [0.15, 0.2) is 0 Å². The van der Waals surface area contributed by atoms with Gasteiger partial charge in [-0.3, -0.25) is 4.79 Å². The van der Waals surface area contributed by atoms with E-state index >= 15 is 0 Å². The quantitative estimate of drug-likeness (QED) is 0.645. The molecule has 3 nitrogen and oxygen atoms in total. The normalized spacial score (nSPS) is 10.3. The lowest BCUT2D eigenvalue weighted by atomic mass is 10.2. The molecule has 0 spiro atoms. The topological polar surface area (TPSA) is 38.3 Å². The summed E-state index contributed by atoms with van der Waals surface area (Å²) in [5.74, 6) is -0.369. The largest absolute Gasteiger partial charge is 0.378 e. The summed E-state index contributed by atoms with van der Waals surface area (Å²) in [6.07, 6.45) is 0. The van der Waals surface area contributed by atoms with Crippen LogP contribution in [0.5, 0.6) is 0 Å². The summed E-state index contributed by atoms with van der Waals surface area (Å²) in [5, 5.41) is 2.62. The van der Waals surface area contributed by atoms with E-state index in [1.165, 1.54) is 18.2 Å². The minimum atomic E-state index is -0.447. The molecule has 0 heterocycles. The maximum atomic E-state index is 13.0. The molecule has 1 N–H and O–H groups in total. The highest BCUT2D eigenvalue weighted by Crippen LogP contribution is 2.17. The number of ether oxygens (including phenoxy) is 1. The highest BCUT2D eigenvalue weighted by Gasteiger charge is 2.10. The number of hydrogen-bond donors (Lipinski definition) is 1. The predicted molar refractivity (Wildman–Crippen MR) is 68.0 cm³/mol. The molecule has 0 radical (unpaired) electrons. The van der Waals surface area contributed by atoms with Crippen molar-refractivity contribution in [3.05, 3.63) is 34.1 Å². The first-order chi connectivity index (χ1) is 8.15. The van der Waals surface area contributed by atoms with Crippen molar-refractivity contribution in [2.24, 2.45) is 0 Å². The first-order valence-corrected chi connectivity index (χ1v) is 6.35. The lowest BCUT2D eigenvalue weighted by Crippen LogP contribution is -2.27. The third-order valence-corrected chi connectivity index (χ3v) is 2.77. The van der Waals surface area contributed by atoms with Gasteiger partial charge < -0.3 is 10.1 Å². The zero-order valence-electron chi connectivity index (χ0n) is 9.01. The molecule has 1 aromatic carbocycles. The van der Waals surface area contributed by atoms with E-state index in [-0.39, 0.29) is 11.5 Å². The second-order valence-corrected chi connectivity index (χ2v) is 4.41. The zero-order chi connectivity index (χ0) is 12.7. The summed E-state index contributed by atoms with van der Waals surface area (Å²) in [6, 6.07) is 3.96. The Morgan fingerprint density at radius 1 is 1.47 bits per heavy atom. The standard InChI is InChI=1S/C11H12BrClFNO2/c12-10-2-1-8(14)7-9(10)11(16)15-4-6-17-5-3-13/h1-2,7H,3-6H2,(H,15,16). The third kappa shape index (κ3) is 5.02. The molecule has 0 aliphatic rings. The Morgan fingerprint density at radius 2 is 2.24 bits per heavy atom. The molecule has 0 unspecified atom stereocenters. The number of carbonyl (C=O) groups is 1. The fourth-order valence-corrected chi connectivity index (χ4v) is 1.70. The van der Waals surface area contributed by atoms with Gasteiger partial charge in [0, 0.05) is 16.9 Å². The van der Waals surface area contributed by atoms with E-state index in [1.54, 1.807) is 0 Å². The predicted octanol–water partition coefficient (Wildman–Crippen LogP) is 2.57. The van der Waals surface area contributed by atoms with Crippen molar-refractivity contribution in [3.8, 4) is 0 Å². The van der Waals surface area contributed by atoms with E-state index in [1.807, 2.05) is 0 Å². The Hall–Kier alpha value is -0.650. The van der Waals surface area contributed by atoms with Crippen LogP contribution in [0.15, 0.2) is 22.7 Å². The fourth-order valence-electron chi connectivity index (χ4n) is 1.16. The molecular formula is C11H12BrClFNO2. The van der Waals surface area contributed by atoms with Crippen LogP contribution in [0.25, 0.3) is 0 Å². The Kier molecular flexibility index (Phi) is 6.47. The molecule has 0 saturated carbocycles. The molecule has 1 amide bonds. The molecule has 94 valence electrons. The van der Waals surface area contributed by atoms with E-state index in [9.17, 15) is 9.18 Å². The third-order valence-electron chi connectivity index (χ3n) is 1.93. The van der Waals surface area contributed by atoms with E-state index in [0.29, 0.717) is 30.1 Å². The Labute approximate surface area is 112 Å². The fraction of sp³-hybridized carbons (Fsp3) is 0.364. The lowest BCUT2D eigenvalue weighted by Gasteiger charge is -2.07. The first kappa shape index (κ1) is 14.4.